The van der Waals surface area contributed by atoms with Gasteiger partial charge in [-0.15, -0.1) is 35.7 Å². The molecule has 0 spiro atoms. The lowest BCUT2D eigenvalue weighted by Crippen LogP contribution is -2.33. The van der Waals surface area contributed by atoms with Gasteiger partial charge in [0.05, 0.1) is 0 Å². The number of thioether (sulfide) groups is 1. The molecular formula is C18H24IN3S. The van der Waals surface area contributed by atoms with Crippen LogP contribution in [0.1, 0.15) is 12.0 Å². The summed E-state index contributed by atoms with van der Waals surface area (Å²) in [7, 11) is 0. The second-order valence-electron chi connectivity index (χ2n) is 4.94. The summed E-state index contributed by atoms with van der Waals surface area (Å²) in [6.45, 7) is 1.59. The van der Waals surface area contributed by atoms with Gasteiger partial charge in [-0.3, -0.25) is 4.99 Å². The maximum atomic E-state index is 5.86. The Kier molecular flexibility index (Phi) is 10.6. The van der Waals surface area contributed by atoms with E-state index in [0.29, 0.717) is 5.96 Å². The van der Waals surface area contributed by atoms with E-state index in [2.05, 4.69) is 58.8 Å². The number of halogens is 1. The number of aliphatic imine (C=N–C) groups is 1. The average Bonchev–Trinajstić information content (AvgIpc) is 2.56. The van der Waals surface area contributed by atoms with Crippen molar-refractivity contribution in [2.45, 2.75) is 17.7 Å². The fraction of sp³-hybridized carbons (Fsp3) is 0.278. The zero-order chi connectivity index (χ0) is 15.5. The third-order valence-electron chi connectivity index (χ3n) is 3.16. The van der Waals surface area contributed by atoms with E-state index < -0.39 is 0 Å². The van der Waals surface area contributed by atoms with Gasteiger partial charge in [-0.25, -0.2) is 0 Å². The Morgan fingerprint density at radius 1 is 1.00 bits per heavy atom. The minimum absolute atomic E-state index is 0. The molecule has 2 aromatic carbocycles. The summed E-state index contributed by atoms with van der Waals surface area (Å²) in [5, 5.41) is 3.16. The van der Waals surface area contributed by atoms with Crippen molar-refractivity contribution in [1.82, 2.24) is 5.32 Å². The topological polar surface area (TPSA) is 50.4 Å². The molecule has 0 aliphatic carbocycles. The molecule has 2 aromatic rings. The standard InChI is InChI=1S/C18H23N3S.HI/c19-18(21-14-12-16-8-3-1-4-9-16)20-13-7-15-22-17-10-5-2-6-11-17;/h1-6,8-11H,7,12-15H2,(H3,19,20,21);1H. The fourth-order valence-electron chi connectivity index (χ4n) is 2.01. The molecule has 0 saturated carbocycles. The lowest BCUT2D eigenvalue weighted by Gasteiger charge is -2.06. The average molecular weight is 441 g/mol. The van der Waals surface area contributed by atoms with Gasteiger partial charge in [-0.1, -0.05) is 48.5 Å². The third kappa shape index (κ3) is 8.86. The molecule has 3 nitrogen and oxygen atoms in total. The second kappa shape index (κ2) is 12.2. The molecule has 0 aliphatic heterocycles. The van der Waals surface area contributed by atoms with Gasteiger partial charge in [0.25, 0.3) is 0 Å². The van der Waals surface area contributed by atoms with Crippen LogP contribution in [0.4, 0.5) is 0 Å². The molecule has 0 saturated heterocycles. The van der Waals surface area contributed by atoms with Gasteiger partial charge < -0.3 is 11.1 Å². The van der Waals surface area contributed by atoms with E-state index in [1.54, 1.807) is 0 Å². The van der Waals surface area contributed by atoms with E-state index in [1.807, 2.05) is 23.9 Å². The van der Waals surface area contributed by atoms with Crippen LogP contribution in [0.25, 0.3) is 0 Å². The van der Waals surface area contributed by atoms with Crippen LogP contribution < -0.4 is 11.1 Å². The molecule has 0 unspecified atom stereocenters. The zero-order valence-electron chi connectivity index (χ0n) is 13.2. The second-order valence-corrected chi connectivity index (χ2v) is 6.11. The van der Waals surface area contributed by atoms with E-state index >= 15 is 0 Å². The molecule has 0 heterocycles. The molecule has 0 aromatic heterocycles. The van der Waals surface area contributed by atoms with Crippen molar-refractivity contribution in [2.75, 3.05) is 18.8 Å². The number of nitrogens with one attached hydrogen (secondary N) is 1. The Morgan fingerprint density at radius 2 is 1.65 bits per heavy atom. The maximum absolute atomic E-state index is 5.86. The van der Waals surface area contributed by atoms with Crippen molar-refractivity contribution in [3.8, 4) is 0 Å². The Morgan fingerprint density at radius 3 is 2.35 bits per heavy atom. The predicted molar refractivity (Wildman–Crippen MR) is 112 cm³/mol. The van der Waals surface area contributed by atoms with E-state index in [9.17, 15) is 0 Å². The maximum Gasteiger partial charge on any atom is 0.188 e. The predicted octanol–water partition coefficient (Wildman–Crippen LogP) is 3.93. The molecule has 0 fully saturated rings. The number of benzene rings is 2. The first-order valence-electron chi connectivity index (χ1n) is 7.60. The summed E-state index contributed by atoms with van der Waals surface area (Å²) in [6.07, 6.45) is 1.99. The van der Waals surface area contributed by atoms with Crippen molar-refractivity contribution in [1.29, 1.82) is 0 Å². The summed E-state index contributed by atoms with van der Waals surface area (Å²) in [5.41, 5.74) is 7.17. The van der Waals surface area contributed by atoms with Crippen molar-refractivity contribution in [3.63, 3.8) is 0 Å². The molecule has 0 aliphatic rings. The van der Waals surface area contributed by atoms with Gasteiger partial charge in [-0.05, 0) is 36.3 Å². The van der Waals surface area contributed by atoms with Crippen molar-refractivity contribution >= 4 is 41.7 Å². The highest BCUT2D eigenvalue weighted by Crippen LogP contribution is 2.17. The smallest absolute Gasteiger partial charge is 0.188 e. The number of nitrogens with two attached hydrogens (primary N) is 1. The summed E-state index contributed by atoms with van der Waals surface area (Å²) in [6, 6.07) is 20.8. The van der Waals surface area contributed by atoms with Gasteiger partial charge in [0.2, 0.25) is 0 Å². The summed E-state index contributed by atoms with van der Waals surface area (Å²) in [5.74, 6) is 1.60. The summed E-state index contributed by atoms with van der Waals surface area (Å²) in [4.78, 5) is 5.66. The number of nitrogens with zero attached hydrogens (tertiary/aromatic N) is 1. The summed E-state index contributed by atoms with van der Waals surface area (Å²) < 4.78 is 0. The van der Waals surface area contributed by atoms with Crippen LogP contribution in [0.3, 0.4) is 0 Å². The van der Waals surface area contributed by atoms with Gasteiger partial charge in [0.1, 0.15) is 0 Å². The molecular weight excluding hydrogens is 417 g/mol. The number of guanidine groups is 1. The van der Waals surface area contributed by atoms with Crippen LogP contribution in [-0.2, 0) is 6.42 Å². The minimum Gasteiger partial charge on any atom is -0.370 e. The Hall–Kier alpha value is -1.21. The van der Waals surface area contributed by atoms with Crippen LogP contribution in [0, 0.1) is 0 Å². The van der Waals surface area contributed by atoms with Crippen molar-refractivity contribution in [2.24, 2.45) is 10.7 Å². The SMILES string of the molecule is I.NC(=NCCCSc1ccccc1)NCCc1ccccc1. The molecule has 0 bridgehead atoms. The van der Waals surface area contributed by atoms with Crippen LogP contribution in [-0.4, -0.2) is 24.8 Å². The monoisotopic (exact) mass is 441 g/mol. The first-order chi connectivity index (χ1) is 10.8. The molecule has 5 heteroatoms. The largest absolute Gasteiger partial charge is 0.370 e. The van der Waals surface area contributed by atoms with Crippen molar-refractivity contribution < 1.29 is 0 Å². The molecule has 0 atom stereocenters. The first-order valence-corrected chi connectivity index (χ1v) is 8.59. The molecule has 3 N–H and O–H groups in total. The highest BCUT2D eigenvalue weighted by Gasteiger charge is 1.95. The van der Waals surface area contributed by atoms with Gasteiger partial charge in [0.15, 0.2) is 5.96 Å². The molecule has 0 amide bonds. The summed E-state index contributed by atoms with van der Waals surface area (Å²) >= 11 is 1.86. The van der Waals surface area contributed by atoms with E-state index in [-0.39, 0.29) is 24.0 Å². The van der Waals surface area contributed by atoms with Gasteiger partial charge in [-0.2, -0.15) is 0 Å². The van der Waals surface area contributed by atoms with E-state index in [0.717, 1.165) is 31.7 Å². The molecule has 23 heavy (non-hydrogen) atoms. The normalized spacial score (nSPS) is 10.9. The first kappa shape index (κ1) is 19.8. The minimum atomic E-state index is 0. The van der Waals surface area contributed by atoms with Gasteiger partial charge >= 0.3 is 0 Å². The Balaban J connectivity index is 0.00000264. The fourth-order valence-corrected chi connectivity index (χ4v) is 2.87. The van der Waals surface area contributed by atoms with E-state index in [1.165, 1.54) is 10.5 Å². The van der Waals surface area contributed by atoms with Gasteiger partial charge in [0, 0.05) is 18.0 Å². The van der Waals surface area contributed by atoms with Crippen LogP contribution >= 0.6 is 35.7 Å². The van der Waals surface area contributed by atoms with Crippen molar-refractivity contribution in [3.05, 3.63) is 66.2 Å². The van der Waals surface area contributed by atoms with Crippen LogP contribution in [0.2, 0.25) is 0 Å². The quantitative estimate of drug-likeness (QED) is 0.215. The lowest BCUT2D eigenvalue weighted by molar-refractivity contribution is 0.841. The lowest BCUT2D eigenvalue weighted by atomic mass is 10.1. The van der Waals surface area contributed by atoms with Crippen LogP contribution in [0.15, 0.2) is 70.6 Å². The molecule has 124 valence electrons. The zero-order valence-corrected chi connectivity index (χ0v) is 16.3. The Bertz CT molecular complexity index is 561. The highest BCUT2D eigenvalue weighted by atomic mass is 127. The Labute approximate surface area is 160 Å². The third-order valence-corrected chi connectivity index (χ3v) is 4.26. The molecule has 2 rings (SSSR count). The highest BCUT2D eigenvalue weighted by molar-refractivity contribution is 14.0. The van der Waals surface area contributed by atoms with E-state index in [4.69, 9.17) is 5.73 Å². The number of rotatable bonds is 8. The molecule has 0 radical (unpaired) electrons. The van der Waals surface area contributed by atoms with Crippen LogP contribution in [0.5, 0.6) is 0 Å². The number of hydrogen-bond acceptors (Lipinski definition) is 2. The number of hydrogen-bond donors (Lipinski definition) is 2.